The number of carbonyl (C=O) groups excluding carboxylic acids is 1. The molecule has 0 spiro atoms. The molecule has 1 aliphatic heterocycles. The molecule has 0 unspecified atom stereocenters. The largest absolute Gasteiger partial charge is 0.439 e. The Balaban J connectivity index is 1.68. The molecule has 3 aromatic rings. The number of carbonyl (C=O) groups is 1. The van der Waals surface area contributed by atoms with Gasteiger partial charge in [-0.1, -0.05) is 36.1 Å². The van der Waals surface area contributed by atoms with Gasteiger partial charge in [-0.2, -0.15) is 0 Å². The second kappa shape index (κ2) is 7.49. The normalized spacial score (nSPS) is 18.0. The van der Waals surface area contributed by atoms with E-state index in [2.05, 4.69) is 22.1 Å². The number of hydrogen-bond acceptors (Lipinski definition) is 3. The van der Waals surface area contributed by atoms with Gasteiger partial charge < -0.3 is 10.1 Å². The molecule has 2 heterocycles. The number of rotatable bonds is 2. The van der Waals surface area contributed by atoms with Gasteiger partial charge >= 0.3 is 6.09 Å². The molecule has 0 aliphatic carbocycles. The van der Waals surface area contributed by atoms with Gasteiger partial charge in [-0.3, -0.25) is 4.98 Å². The lowest BCUT2D eigenvalue weighted by molar-refractivity contribution is 0.127. The van der Waals surface area contributed by atoms with Gasteiger partial charge in [0.1, 0.15) is 17.7 Å². The molecule has 0 radical (unpaired) electrons. The number of aromatic nitrogens is 1. The number of benzene rings is 2. The third kappa shape index (κ3) is 3.55. The van der Waals surface area contributed by atoms with Crippen LogP contribution in [0.2, 0.25) is 0 Å². The fourth-order valence-electron chi connectivity index (χ4n) is 3.05. The number of nitrogens with one attached hydrogen (secondary N) is 1. The molecule has 1 amide bonds. The monoisotopic (exact) mass is 376 g/mol. The third-order valence-electron chi connectivity index (χ3n) is 4.34. The van der Waals surface area contributed by atoms with Crippen LogP contribution in [-0.2, 0) is 4.74 Å². The lowest BCUT2D eigenvalue weighted by atomic mass is 9.96. The van der Waals surface area contributed by atoms with E-state index >= 15 is 0 Å². The Morgan fingerprint density at radius 3 is 2.39 bits per heavy atom. The van der Waals surface area contributed by atoms with Crippen LogP contribution in [0.3, 0.4) is 0 Å². The molecule has 2 atom stereocenters. The maximum absolute atomic E-state index is 14.2. The van der Waals surface area contributed by atoms with Gasteiger partial charge in [-0.15, -0.1) is 0 Å². The van der Waals surface area contributed by atoms with Crippen molar-refractivity contribution in [1.29, 1.82) is 0 Å². The number of nitrogens with zero attached hydrogens (tertiary/aromatic N) is 1. The number of alkyl carbamates (subject to hydrolysis) is 1. The second-order valence-corrected chi connectivity index (χ2v) is 6.21. The van der Waals surface area contributed by atoms with Gasteiger partial charge in [0, 0.05) is 23.5 Å². The molecule has 1 aromatic heterocycles. The lowest BCUT2D eigenvalue weighted by Crippen LogP contribution is -2.20. The molecule has 1 saturated heterocycles. The van der Waals surface area contributed by atoms with Crippen LogP contribution >= 0.6 is 0 Å². The summed E-state index contributed by atoms with van der Waals surface area (Å²) >= 11 is 0. The quantitative estimate of drug-likeness (QED) is 0.679. The fourth-order valence-corrected chi connectivity index (χ4v) is 3.05. The Labute approximate surface area is 160 Å². The van der Waals surface area contributed by atoms with Crippen molar-refractivity contribution in [1.82, 2.24) is 10.3 Å². The summed E-state index contributed by atoms with van der Waals surface area (Å²) in [6.07, 6.45) is 1.20. The highest BCUT2D eigenvalue weighted by Crippen LogP contribution is 2.38. The average molecular weight is 376 g/mol. The average Bonchev–Trinajstić information content (AvgIpc) is 3.09. The molecule has 0 bridgehead atoms. The van der Waals surface area contributed by atoms with Crippen molar-refractivity contribution in [3.8, 4) is 11.8 Å². The highest BCUT2D eigenvalue weighted by atomic mass is 19.1. The maximum Gasteiger partial charge on any atom is 0.408 e. The van der Waals surface area contributed by atoms with Crippen molar-refractivity contribution in [3.63, 3.8) is 0 Å². The highest BCUT2D eigenvalue weighted by molar-refractivity contribution is 5.71. The third-order valence-corrected chi connectivity index (χ3v) is 4.34. The zero-order valence-corrected chi connectivity index (χ0v) is 14.5. The zero-order valence-electron chi connectivity index (χ0n) is 14.5. The molecule has 0 saturated carbocycles. The number of amides is 1. The van der Waals surface area contributed by atoms with E-state index in [1.807, 2.05) is 30.3 Å². The van der Waals surface area contributed by atoms with Crippen molar-refractivity contribution in [2.45, 2.75) is 12.1 Å². The van der Waals surface area contributed by atoms with Gasteiger partial charge in [0.15, 0.2) is 6.10 Å². The lowest BCUT2D eigenvalue weighted by Gasteiger charge is -2.18. The summed E-state index contributed by atoms with van der Waals surface area (Å²) in [6.45, 7) is 0. The number of cyclic esters (lactones) is 1. The van der Waals surface area contributed by atoms with E-state index < -0.39 is 29.9 Å². The minimum Gasteiger partial charge on any atom is -0.439 e. The number of ether oxygens (including phenoxy) is 1. The van der Waals surface area contributed by atoms with Crippen LogP contribution in [0.25, 0.3) is 0 Å². The Hall–Kier alpha value is -3.72. The minimum atomic E-state index is -1.15. The smallest absolute Gasteiger partial charge is 0.408 e. The predicted octanol–water partition coefficient (Wildman–Crippen LogP) is 4.28. The van der Waals surface area contributed by atoms with E-state index in [1.165, 1.54) is 12.3 Å². The van der Waals surface area contributed by atoms with E-state index in [4.69, 9.17) is 4.74 Å². The summed E-state index contributed by atoms with van der Waals surface area (Å²) < 4.78 is 33.6. The van der Waals surface area contributed by atoms with Crippen LogP contribution in [-0.4, -0.2) is 11.1 Å². The first-order valence-corrected chi connectivity index (χ1v) is 8.55. The second-order valence-electron chi connectivity index (χ2n) is 6.21. The van der Waals surface area contributed by atoms with Crippen LogP contribution in [0.1, 0.15) is 34.4 Å². The SMILES string of the molecule is O=C1N[C@H](c2cncc(C#Cc3ccccc3)c2)[C@@H](c2c(F)cccc2F)O1. The standard InChI is InChI=1S/C22H14F2N2O2/c23-17-7-4-8-18(24)19(17)21-20(26-22(27)28-21)16-11-15(12-25-13-16)10-9-14-5-2-1-3-6-14/h1-8,11-13,20-21H,(H,26,27)/t20-,21-/m1/s1. The first-order valence-electron chi connectivity index (χ1n) is 8.55. The molecule has 4 nitrogen and oxygen atoms in total. The molecule has 28 heavy (non-hydrogen) atoms. The van der Waals surface area contributed by atoms with Crippen molar-refractivity contribution >= 4 is 6.09 Å². The van der Waals surface area contributed by atoms with Crippen LogP contribution in [0.5, 0.6) is 0 Å². The summed E-state index contributed by atoms with van der Waals surface area (Å²) in [6, 6.07) is 13.9. The van der Waals surface area contributed by atoms with E-state index in [9.17, 15) is 13.6 Å². The van der Waals surface area contributed by atoms with Crippen LogP contribution in [0.4, 0.5) is 13.6 Å². The van der Waals surface area contributed by atoms with E-state index in [-0.39, 0.29) is 5.56 Å². The summed E-state index contributed by atoms with van der Waals surface area (Å²) in [5, 5.41) is 2.59. The summed E-state index contributed by atoms with van der Waals surface area (Å²) in [5.41, 5.74) is 1.69. The molecular weight excluding hydrogens is 362 g/mol. The van der Waals surface area contributed by atoms with Gasteiger partial charge in [0.25, 0.3) is 0 Å². The van der Waals surface area contributed by atoms with Gasteiger partial charge in [-0.05, 0) is 35.9 Å². The van der Waals surface area contributed by atoms with E-state index in [0.717, 1.165) is 17.7 Å². The predicted molar refractivity (Wildman–Crippen MR) is 98.1 cm³/mol. The van der Waals surface area contributed by atoms with Crippen LogP contribution < -0.4 is 5.32 Å². The molecule has 2 aromatic carbocycles. The Morgan fingerprint density at radius 1 is 0.929 bits per heavy atom. The van der Waals surface area contributed by atoms with Gasteiger partial charge in [0.2, 0.25) is 0 Å². The summed E-state index contributed by atoms with van der Waals surface area (Å²) in [5.74, 6) is 4.46. The first-order chi connectivity index (χ1) is 13.6. The summed E-state index contributed by atoms with van der Waals surface area (Å²) in [4.78, 5) is 15.9. The topological polar surface area (TPSA) is 51.2 Å². The maximum atomic E-state index is 14.2. The molecule has 138 valence electrons. The molecule has 1 fully saturated rings. The molecule has 6 heteroatoms. The van der Waals surface area contributed by atoms with Crippen molar-refractivity contribution in [3.05, 3.63) is 101 Å². The summed E-state index contributed by atoms with van der Waals surface area (Å²) in [7, 11) is 0. The van der Waals surface area contributed by atoms with Gasteiger partial charge in [0.05, 0.1) is 5.56 Å². The van der Waals surface area contributed by atoms with Crippen molar-refractivity contribution in [2.24, 2.45) is 0 Å². The van der Waals surface area contributed by atoms with Gasteiger partial charge in [-0.25, -0.2) is 13.6 Å². The van der Waals surface area contributed by atoms with Crippen LogP contribution in [0, 0.1) is 23.5 Å². The van der Waals surface area contributed by atoms with Crippen LogP contribution in [0.15, 0.2) is 67.0 Å². The first kappa shape index (κ1) is 17.7. The Morgan fingerprint density at radius 2 is 1.64 bits per heavy atom. The number of halogens is 2. The Kier molecular flexibility index (Phi) is 4.73. The fraction of sp³-hybridized carbons (Fsp3) is 0.0909. The molecular formula is C22H14F2N2O2. The minimum absolute atomic E-state index is 0.299. The molecule has 1 N–H and O–H groups in total. The van der Waals surface area contributed by atoms with Crippen molar-refractivity contribution < 1.29 is 18.3 Å². The van der Waals surface area contributed by atoms with E-state index in [1.54, 1.807) is 12.3 Å². The number of hydrogen-bond donors (Lipinski definition) is 1. The molecule has 1 aliphatic rings. The number of pyridine rings is 1. The van der Waals surface area contributed by atoms with E-state index in [0.29, 0.717) is 11.1 Å². The zero-order chi connectivity index (χ0) is 19.5. The highest BCUT2D eigenvalue weighted by Gasteiger charge is 2.39. The molecule has 4 rings (SSSR count). The van der Waals surface area contributed by atoms with Crippen molar-refractivity contribution in [2.75, 3.05) is 0 Å². The Bertz CT molecular complexity index is 1070.